The van der Waals surface area contributed by atoms with Crippen LogP contribution in [0.2, 0.25) is 0 Å². The summed E-state index contributed by atoms with van der Waals surface area (Å²) in [6.45, 7) is 2.77. The molecule has 1 aromatic heterocycles. The lowest BCUT2D eigenvalue weighted by molar-refractivity contribution is 0.311. The van der Waals surface area contributed by atoms with Crippen LogP contribution in [0.5, 0.6) is 11.5 Å². The van der Waals surface area contributed by atoms with Crippen LogP contribution in [0.3, 0.4) is 0 Å². The minimum absolute atomic E-state index is 0.258. The first-order valence-corrected chi connectivity index (χ1v) is 6.95. The topological polar surface area (TPSA) is 60.8 Å². The van der Waals surface area contributed by atoms with Crippen molar-refractivity contribution < 1.29 is 14.3 Å². The van der Waals surface area contributed by atoms with Gasteiger partial charge >= 0.3 is 0 Å². The number of methoxy groups -OCH3 is 1. The highest BCUT2D eigenvalue weighted by molar-refractivity contribution is 7.13. The molecule has 0 N–H and O–H groups in total. The molecule has 2 rings (SSSR count). The van der Waals surface area contributed by atoms with Gasteiger partial charge in [0.25, 0.3) is 0 Å². The molecule has 0 amide bonds. The van der Waals surface area contributed by atoms with Gasteiger partial charge in [-0.25, -0.2) is 9.78 Å². The molecule has 2 aromatic rings. The standard InChI is InChI=1S/C14H14N2O3S/c1-3-19-12-5-4-10(6-13(12)18-2)14-16-11(8-20-14)7-15-9-17/h4-6,8H,3,7H2,1-2H3. The van der Waals surface area contributed by atoms with Gasteiger partial charge in [-0.3, -0.25) is 0 Å². The number of carbonyl (C=O) groups excluding carboxylic acids is 1. The van der Waals surface area contributed by atoms with E-state index in [2.05, 4.69) is 9.98 Å². The molecule has 0 aliphatic rings. The number of aliphatic imine (C=N–C) groups is 1. The van der Waals surface area contributed by atoms with E-state index in [1.165, 1.54) is 17.4 Å². The van der Waals surface area contributed by atoms with E-state index in [1.54, 1.807) is 7.11 Å². The van der Waals surface area contributed by atoms with Crippen LogP contribution in [0.1, 0.15) is 12.6 Å². The van der Waals surface area contributed by atoms with E-state index in [4.69, 9.17) is 9.47 Å². The first kappa shape index (κ1) is 14.2. The summed E-state index contributed by atoms with van der Waals surface area (Å²) in [6.07, 6.45) is 1.51. The first-order valence-electron chi connectivity index (χ1n) is 6.07. The van der Waals surface area contributed by atoms with E-state index >= 15 is 0 Å². The van der Waals surface area contributed by atoms with Crippen molar-refractivity contribution in [3.8, 4) is 22.1 Å². The van der Waals surface area contributed by atoms with E-state index in [9.17, 15) is 4.79 Å². The average Bonchev–Trinajstić information content (AvgIpc) is 2.94. The Bertz CT molecular complexity index is 633. The van der Waals surface area contributed by atoms with Gasteiger partial charge in [-0.05, 0) is 25.1 Å². The molecule has 0 bridgehead atoms. The van der Waals surface area contributed by atoms with Crippen LogP contribution in [-0.2, 0) is 11.3 Å². The number of hydrogen-bond acceptors (Lipinski definition) is 6. The van der Waals surface area contributed by atoms with E-state index in [0.29, 0.717) is 18.1 Å². The summed E-state index contributed by atoms with van der Waals surface area (Å²) >= 11 is 1.49. The minimum atomic E-state index is 0.258. The highest BCUT2D eigenvalue weighted by Gasteiger charge is 2.09. The average molecular weight is 290 g/mol. The van der Waals surface area contributed by atoms with Gasteiger partial charge < -0.3 is 9.47 Å². The first-order chi connectivity index (χ1) is 9.78. The largest absolute Gasteiger partial charge is 0.493 e. The van der Waals surface area contributed by atoms with Crippen molar-refractivity contribution in [2.45, 2.75) is 13.5 Å². The molecule has 0 atom stereocenters. The molecule has 20 heavy (non-hydrogen) atoms. The second kappa shape index (κ2) is 6.84. The van der Waals surface area contributed by atoms with Gasteiger partial charge in [0, 0.05) is 10.9 Å². The molecule has 0 saturated carbocycles. The van der Waals surface area contributed by atoms with Crippen molar-refractivity contribution in [2.75, 3.05) is 13.7 Å². The third kappa shape index (κ3) is 3.23. The fourth-order valence-electron chi connectivity index (χ4n) is 1.70. The van der Waals surface area contributed by atoms with Crippen LogP contribution < -0.4 is 9.47 Å². The van der Waals surface area contributed by atoms with Crippen LogP contribution >= 0.6 is 11.3 Å². The number of rotatable bonds is 6. The number of ether oxygens (including phenoxy) is 2. The van der Waals surface area contributed by atoms with Crippen molar-refractivity contribution >= 4 is 17.4 Å². The third-order valence-electron chi connectivity index (χ3n) is 2.57. The molecule has 0 fully saturated rings. The molecule has 0 unspecified atom stereocenters. The third-order valence-corrected chi connectivity index (χ3v) is 3.51. The molecule has 0 aliphatic heterocycles. The van der Waals surface area contributed by atoms with Gasteiger partial charge in [0.1, 0.15) is 5.01 Å². The van der Waals surface area contributed by atoms with Crippen LogP contribution in [0.4, 0.5) is 0 Å². The highest BCUT2D eigenvalue weighted by atomic mass is 32.1. The van der Waals surface area contributed by atoms with Crippen LogP contribution in [-0.4, -0.2) is 24.8 Å². The predicted molar refractivity (Wildman–Crippen MR) is 77.1 cm³/mol. The SMILES string of the molecule is CCOc1ccc(-c2nc(CN=C=O)cs2)cc1OC. The van der Waals surface area contributed by atoms with E-state index in [1.807, 2.05) is 30.5 Å². The molecule has 0 saturated heterocycles. The van der Waals surface area contributed by atoms with Gasteiger partial charge in [-0.2, -0.15) is 4.99 Å². The second-order valence-electron chi connectivity index (χ2n) is 3.85. The molecule has 1 heterocycles. The van der Waals surface area contributed by atoms with Gasteiger partial charge in [0.15, 0.2) is 11.5 Å². The maximum Gasteiger partial charge on any atom is 0.235 e. The molecular formula is C14H14N2O3S. The number of nitrogens with zero attached hydrogens (tertiary/aromatic N) is 2. The predicted octanol–water partition coefficient (Wildman–Crippen LogP) is 3.05. The van der Waals surface area contributed by atoms with Crippen molar-refractivity contribution in [2.24, 2.45) is 4.99 Å². The zero-order valence-corrected chi connectivity index (χ0v) is 12.1. The van der Waals surface area contributed by atoms with E-state index < -0.39 is 0 Å². The maximum absolute atomic E-state index is 10.1. The van der Waals surface area contributed by atoms with Crippen molar-refractivity contribution in [1.29, 1.82) is 0 Å². The van der Waals surface area contributed by atoms with Gasteiger partial charge in [-0.15, -0.1) is 11.3 Å². The summed E-state index contributed by atoms with van der Waals surface area (Å²) in [5.74, 6) is 1.38. The molecule has 1 aromatic carbocycles. The van der Waals surface area contributed by atoms with Crippen LogP contribution in [0.15, 0.2) is 28.6 Å². The summed E-state index contributed by atoms with van der Waals surface area (Å²) in [5.41, 5.74) is 1.69. The zero-order valence-electron chi connectivity index (χ0n) is 11.3. The van der Waals surface area contributed by atoms with Crippen molar-refractivity contribution in [1.82, 2.24) is 4.98 Å². The lowest BCUT2D eigenvalue weighted by atomic mass is 10.2. The summed E-state index contributed by atoms with van der Waals surface area (Å²) in [4.78, 5) is 18.0. The molecule has 0 aliphatic carbocycles. The zero-order chi connectivity index (χ0) is 14.4. The normalized spacial score (nSPS) is 9.90. The van der Waals surface area contributed by atoms with Crippen LogP contribution in [0.25, 0.3) is 10.6 Å². The number of benzene rings is 1. The quantitative estimate of drug-likeness (QED) is 0.606. The van der Waals surface area contributed by atoms with E-state index in [0.717, 1.165) is 16.3 Å². The van der Waals surface area contributed by atoms with E-state index in [-0.39, 0.29) is 6.54 Å². The van der Waals surface area contributed by atoms with Crippen molar-refractivity contribution in [3.05, 3.63) is 29.3 Å². The lowest BCUT2D eigenvalue weighted by Crippen LogP contribution is -1.95. The Morgan fingerprint density at radius 2 is 2.25 bits per heavy atom. The Labute approximate surface area is 120 Å². The fraction of sp³-hybridized carbons (Fsp3) is 0.286. The lowest BCUT2D eigenvalue weighted by Gasteiger charge is -2.09. The highest BCUT2D eigenvalue weighted by Crippen LogP contribution is 2.33. The Morgan fingerprint density at radius 3 is 2.95 bits per heavy atom. The van der Waals surface area contributed by atoms with Crippen LogP contribution in [0, 0.1) is 0 Å². The number of aromatic nitrogens is 1. The molecule has 5 nitrogen and oxygen atoms in total. The molecule has 104 valence electrons. The van der Waals surface area contributed by atoms with Gasteiger partial charge in [0.2, 0.25) is 6.08 Å². The minimum Gasteiger partial charge on any atom is -0.493 e. The number of isocyanates is 1. The van der Waals surface area contributed by atoms with Gasteiger partial charge in [-0.1, -0.05) is 0 Å². The van der Waals surface area contributed by atoms with Crippen molar-refractivity contribution in [3.63, 3.8) is 0 Å². The Hall–Kier alpha value is -2.17. The molecular weight excluding hydrogens is 276 g/mol. The Kier molecular flexibility index (Phi) is 4.87. The molecule has 0 radical (unpaired) electrons. The Balaban J connectivity index is 2.28. The summed E-state index contributed by atoms with van der Waals surface area (Å²) in [6, 6.07) is 5.68. The molecule has 0 spiro atoms. The monoisotopic (exact) mass is 290 g/mol. The number of hydrogen-bond donors (Lipinski definition) is 0. The number of thiazole rings is 1. The second-order valence-corrected chi connectivity index (χ2v) is 4.71. The smallest absolute Gasteiger partial charge is 0.235 e. The summed E-state index contributed by atoms with van der Waals surface area (Å²) < 4.78 is 10.8. The summed E-state index contributed by atoms with van der Waals surface area (Å²) in [7, 11) is 1.60. The Morgan fingerprint density at radius 1 is 1.40 bits per heavy atom. The maximum atomic E-state index is 10.1. The summed E-state index contributed by atoms with van der Waals surface area (Å²) in [5, 5.41) is 2.72. The molecule has 6 heteroatoms. The van der Waals surface area contributed by atoms with Gasteiger partial charge in [0.05, 0.1) is 26.0 Å². The fourth-order valence-corrected chi connectivity index (χ4v) is 2.51.